The molecule has 1 aromatic heterocycles. The predicted molar refractivity (Wildman–Crippen MR) is 67.7 cm³/mol. The summed E-state index contributed by atoms with van der Waals surface area (Å²) >= 11 is 0. The van der Waals surface area contributed by atoms with Crippen LogP contribution in [0.25, 0.3) is 0 Å². The largest absolute Gasteiger partial charge is 0.323 e. The molecule has 1 unspecified atom stereocenters. The van der Waals surface area contributed by atoms with Crippen molar-refractivity contribution in [3.8, 4) is 0 Å². The van der Waals surface area contributed by atoms with Gasteiger partial charge in [0.25, 0.3) is 0 Å². The first-order valence-corrected chi connectivity index (χ1v) is 6.40. The van der Waals surface area contributed by atoms with Gasteiger partial charge in [-0.25, -0.2) is 4.39 Å². The zero-order valence-electron chi connectivity index (χ0n) is 10.3. The number of pyridine rings is 1. The van der Waals surface area contributed by atoms with Crippen molar-refractivity contribution in [2.45, 2.75) is 38.1 Å². The third-order valence-corrected chi connectivity index (χ3v) is 3.10. The number of carbonyl (C=O) groups excluding carboxylic acids is 1. The molecule has 0 radical (unpaired) electrons. The van der Waals surface area contributed by atoms with Gasteiger partial charge in [0.1, 0.15) is 5.82 Å². The summed E-state index contributed by atoms with van der Waals surface area (Å²) < 4.78 is 12.9. The summed E-state index contributed by atoms with van der Waals surface area (Å²) in [5.41, 5.74) is 0.406. The summed E-state index contributed by atoms with van der Waals surface area (Å²) in [5, 5.41) is 5.93. The maximum atomic E-state index is 12.9. The zero-order chi connectivity index (χ0) is 12.8. The van der Waals surface area contributed by atoms with Crippen LogP contribution in [0.15, 0.2) is 18.5 Å². The Morgan fingerprint density at radius 3 is 3.00 bits per heavy atom. The lowest BCUT2D eigenvalue weighted by Gasteiger charge is -2.20. The number of nitrogens with one attached hydrogen (secondary N) is 2. The van der Waals surface area contributed by atoms with Gasteiger partial charge in [-0.3, -0.25) is 9.78 Å². The fourth-order valence-electron chi connectivity index (χ4n) is 2.14. The van der Waals surface area contributed by atoms with Gasteiger partial charge in [0.05, 0.1) is 24.1 Å². The molecule has 2 heterocycles. The number of aromatic nitrogens is 1. The first-order valence-electron chi connectivity index (χ1n) is 6.40. The van der Waals surface area contributed by atoms with E-state index in [0.717, 1.165) is 32.0 Å². The van der Waals surface area contributed by atoms with Crippen molar-refractivity contribution in [2.24, 2.45) is 0 Å². The van der Waals surface area contributed by atoms with Crippen LogP contribution in [0.1, 0.15) is 32.1 Å². The summed E-state index contributed by atoms with van der Waals surface area (Å²) in [5.74, 6) is -0.553. The van der Waals surface area contributed by atoms with Crippen LogP contribution in [0, 0.1) is 5.82 Å². The van der Waals surface area contributed by atoms with Crippen molar-refractivity contribution in [2.75, 3.05) is 11.9 Å². The van der Waals surface area contributed by atoms with E-state index in [0.29, 0.717) is 5.69 Å². The fraction of sp³-hybridized carbons (Fsp3) is 0.538. The minimum absolute atomic E-state index is 0.107. The average molecular weight is 251 g/mol. The Hall–Kier alpha value is -1.49. The van der Waals surface area contributed by atoms with E-state index in [1.54, 1.807) is 0 Å². The van der Waals surface area contributed by atoms with Crippen LogP contribution in [-0.4, -0.2) is 23.5 Å². The maximum absolute atomic E-state index is 12.9. The van der Waals surface area contributed by atoms with Crippen LogP contribution in [0.5, 0.6) is 0 Å². The summed E-state index contributed by atoms with van der Waals surface area (Å²) in [6, 6.07) is 1.09. The van der Waals surface area contributed by atoms with E-state index in [1.807, 2.05) is 0 Å². The van der Waals surface area contributed by atoms with Crippen molar-refractivity contribution >= 4 is 11.6 Å². The lowest BCUT2D eigenvalue weighted by Crippen LogP contribution is -2.41. The molecule has 0 spiro atoms. The molecule has 1 amide bonds. The highest BCUT2D eigenvalue weighted by atomic mass is 19.1. The third-order valence-electron chi connectivity index (χ3n) is 3.10. The lowest BCUT2D eigenvalue weighted by molar-refractivity contribution is -0.118. The van der Waals surface area contributed by atoms with Crippen LogP contribution >= 0.6 is 0 Å². The Morgan fingerprint density at radius 1 is 1.33 bits per heavy atom. The number of anilines is 1. The molecular weight excluding hydrogens is 233 g/mol. The molecule has 18 heavy (non-hydrogen) atoms. The second-order valence-corrected chi connectivity index (χ2v) is 4.59. The number of hydrogen-bond donors (Lipinski definition) is 2. The van der Waals surface area contributed by atoms with Crippen molar-refractivity contribution in [1.29, 1.82) is 0 Å². The van der Waals surface area contributed by atoms with E-state index in [9.17, 15) is 9.18 Å². The summed E-state index contributed by atoms with van der Waals surface area (Å²) in [6.45, 7) is 0.861. The smallest absolute Gasteiger partial charge is 0.241 e. The molecule has 1 aromatic rings. The van der Waals surface area contributed by atoms with Gasteiger partial charge < -0.3 is 10.6 Å². The van der Waals surface area contributed by atoms with Gasteiger partial charge in [-0.1, -0.05) is 19.3 Å². The van der Waals surface area contributed by atoms with E-state index in [2.05, 4.69) is 15.6 Å². The van der Waals surface area contributed by atoms with Gasteiger partial charge in [-0.2, -0.15) is 0 Å². The van der Waals surface area contributed by atoms with E-state index < -0.39 is 5.82 Å². The van der Waals surface area contributed by atoms with Crippen LogP contribution in [0.2, 0.25) is 0 Å². The Morgan fingerprint density at radius 2 is 2.17 bits per heavy atom. The molecule has 1 aliphatic rings. The molecule has 0 bridgehead atoms. The molecule has 2 N–H and O–H groups in total. The van der Waals surface area contributed by atoms with Gasteiger partial charge >= 0.3 is 0 Å². The Bertz CT molecular complexity index is 403. The van der Waals surface area contributed by atoms with Gasteiger partial charge in [-0.05, 0) is 19.4 Å². The molecule has 1 fully saturated rings. The maximum Gasteiger partial charge on any atom is 0.241 e. The van der Waals surface area contributed by atoms with Crippen molar-refractivity contribution < 1.29 is 9.18 Å². The van der Waals surface area contributed by atoms with Crippen LogP contribution < -0.4 is 10.6 Å². The number of hydrogen-bond acceptors (Lipinski definition) is 3. The Labute approximate surface area is 106 Å². The molecule has 0 aliphatic carbocycles. The number of amides is 1. The molecule has 1 atom stereocenters. The van der Waals surface area contributed by atoms with Crippen LogP contribution in [0.3, 0.4) is 0 Å². The lowest BCUT2D eigenvalue weighted by atomic mass is 10.0. The van der Waals surface area contributed by atoms with Gasteiger partial charge in [0.15, 0.2) is 0 Å². The molecule has 5 heteroatoms. The van der Waals surface area contributed by atoms with Gasteiger partial charge in [0, 0.05) is 6.07 Å². The van der Waals surface area contributed by atoms with E-state index in [-0.39, 0.29) is 11.9 Å². The standard InChI is InChI=1S/C13H18FN3O/c14-10-7-11(9-15-8-10)17-13(18)12-5-3-1-2-4-6-16-12/h7-9,12,16H,1-6H2,(H,17,18). The summed E-state index contributed by atoms with van der Waals surface area (Å²) in [6.07, 6.45) is 7.93. The zero-order valence-corrected chi connectivity index (χ0v) is 10.3. The Balaban J connectivity index is 1.93. The highest BCUT2D eigenvalue weighted by Crippen LogP contribution is 2.12. The molecule has 0 aromatic carbocycles. The van der Waals surface area contributed by atoms with Gasteiger partial charge in [-0.15, -0.1) is 0 Å². The van der Waals surface area contributed by atoms with Gasteiger partial charge in [0.2, 0.25) is 5.91 Å². The number of halogens is 1. The van der Waals surface area contributed by atoms with Crippen molar-refractivity contribution in [3.63, 3.8) is 0 Å². The topological polar surface area (TPSA) is 54.0 Å². The minimum atomic E-state index is -0.446. The molecular formula is C13H18FN3O. The highest BCUT2D eigenvalue weighted by Gasteiger charge is 2.18. The molecule has 98 valence electrons. The highest BCUT2D eigenvalue weighted by molar-refractivity contribution is 5.94. The Kier molecular flexibility index (Phi) is 4.64. The predicted octanol–water partition coefficient (Wildman–Crippen LogP) is 2.08. The van der Waals surface area contributed by atoms with E-state index in [1.165, 1.54) is 25.1 Å². The van der Waals surface area contributed by atoms with E-state index in [4.69, 9.17) is 0 Å². The quantitative estimate of drug-likeness (QED) is 0.846. The summed E-state index contributed by atoms with van der Waals surface area (Å²) in [7, 11) is 0. The van der Waals surface area contributed by atoms with E-state index >= 15 is 0 Å². The minimum Gasteiger partial charge on any atom is -0.323 e. The third kappa shape index (κ3) is 3.77. The number of nitrogens with zero attached hydrogens (tertiary/aromatic N) is 1. The average Bonchev–Trinajstić information content (AvgIpc) is 2.28. The SMILES string of the molecule is O=C(Nc1cncc(F)c1)C1CCCCCCN1. The normalized spacial score (nSPS) is 20.8. The fourth-order valence-corrected chi connectivity index (χ4v) is 2.14. The molecule has 1 saturated heterocycles. The summed E-state index contributed by atoms with van der Waals surface area (Å²) in [4.78, 5) is 15.7. The second kappa shape index (κ2) is 6.44. The molecule has 4 nitrogen and oxygen atoms in total. The molecule has 2 rings (SSSR count). The number of carbonyl (C=O) groups is 1. The van der Waals surface area contributed by atoms with Crippen molar-refractivity contribution in [1.82, 2.24) is 10.3 Å². The van der Waals surface area contributed by atoms with Crippen LogP contribution in [-0.2, 0) is 4.79 Å². The molecule has 1 aliphatic heterocycles. The monoisotopic (exact) mass is 251 g/mol. The van der Waals surface area contributed by atoms with Crippen molar-refractivity contribution in [3.05, 3.63) is 24.3 Å². The second-order valence-electron chi connectivity index (χ2n) is 4.59. The first-order chi connectivity index (χ1) is 8.75. The van der Waals surface area contributed by atoms with Crippen LogP contribution in [0.4, 0.5) is 10.1 Å². The number of rotatable bonds is 2. The first kappa shape index (κ1) is 13.0. The molecule has 0 saturated carbocycles.